The Morgan fingerprint density at radius 1 is 1.10 bits per heavy atom. The third kappa shape index (κ3) is 7.44. The van der Waals surface area contributed by atoms with E-state index >= 15 is 0 Å². The number of carbonyl (C=O) groups excluding carboxylic acids is 1. The van der Waals surface area contributed by atoms with Crippen LogP contribution < -0.4 is 30.6 Å². The summed E-state index contributed by atoms with van der Waals surface area (Å²) < 4.78 is 26.2. The molecule has 61 heavy (non-hydrogen) atoms. The van der Waals surface area contributed by atoms with Crippen LogP contribution in [0.3, 0.4) is 0 Å². The van der Waals surface area contributed by atoms with Crippen molar-refractivity contribution in [3.05, 3.63) is 93.2 Å². The molecule has 6 N–H and O–H groups in total. The van der Waals surface area contributed by atoms with Gasteiger partial charge in [-0.05, 0) is 110 Å². The van der Waals surface area contributed by atoms with Gasteiger partial charge < -0.3 is 45.5 Å². The maximum atomic E-state index is 12.6. The number of nitrogens with one attached hydrogen (secondary N) is 2. The second-order valence-corrected chi connectivity index (χ2v) is 18.0. The molecule has 11 nitrogen and oxygen atoms in total. The zero-order chi connectivity index (χ0) is 42.6. The Morgan fingerprint density at radius 3 is 2.74 bits per heavy atom. The molecule has 3 aromatic carbocycles. The van der Waals surface area contributed by atoms with E-state index in [1.807, 2.05) is 19.2 Å². The van der Waals surface area contributed by atoms with Crippen molar-refractivity contribution in [2.45, 2.75) is 95.3 Å². The van der Waals surface area contributed by atoms with Gasteiger partial charge in [-0.1, -0.05) is 50.1 Å². The number of ether oxygens (including phenoxy) is 4. The topological polar surface area (TPSA) is 157 Å². The minimum atomic E-state index is -0.642. The molecule has 1 spiro atoms. The van der Waals surface area contributed by atoms with Crippen molar-refractivity contribution in [3.63, 3.8) is 0 Å². The van der Waals surface area contributed by atoms with Crippen molar-refractivity contribution in [3.8, 4) is 51.7 Å². The van der Waals surface area contributed by atoms with Crippen molar-refractivity contribution in [1.29, 1.82) is 0 Å². The highest BCUT2D eigenvalue weighted by Crippen LogP contribution is 2.63. The van der Waals surface area contributed by atoms with Gasteiger partial charge in [0.25, 0.3) is 0 Å². The molecule has 5 aliphatic rings. The van der Waals surface area contributed by atoms with E-state index in [4.69, 9.17) is 29.7 Å². The van der Waals surface area contributed by atoms with E-state index in [2.05, 4.69) is 66.7 Å². The van der Waals surface area contributed by atoms with Gasteiger partial charge >= 0.3 is 5.97 Å². The van der Waals surface area contributed by atoms with E-state index in [1.165, 1.54) is 6.92 Å². The summed E-state index contributed by atoms with van der Waals surface area (Å²) in [5.74, 6) is 9.23. The molecule has 4 aromatic rings. The first-order valence-electron chi connectivity index (χ1n) is 21.7. The van der Waals surface area contributed by atoms with Gasteiger partial charge in [0.1, 0.15) is 47.6 Å². The Bertz CT molecular complexity index is 2490. The molecule has 0 saturated heterocycles. The number of nitrogens with zero attached hydrogens (tertiary/aromatic N) is 1. The molecule has 4 bridgehead atoms. The number of nitrogen functional groups attached to an aromatic ring is 1. The lowest BCUT2D eigenvalue weighted by molar-refractivity contribution is -0.141. The molecule has 1 saturated carbocycles. The normalized spacial score (nSPS) is 24.0. The third-order valence-electron chi connectivity index (χ3n) is 13.4. The van der Waals surface area contributed by atoms with Crippen LogP contribution in [0, 0.1) is 23.7 Å². The van der Waals surface area contributed by atoms with Gasteiger partial charge in [0.2, 0.25) is 0 Å². The van der Waals surface area contributed by atoms with E-state index in [0.717, 1.165) is 88.9 Å². The monoisotopic (exact) mass is 824 g/mol. The van der Waals surface area contributed by atoms with Crippen LogP contribution >= 0.6 is 0 Å². The van der Waals surface area contributed by atoms with Crippen LogP contribution in [-0.2, 0) is 34.2 Å². The van der Waals surface area contributed by atoms with Crippen LogP contribution in [-0.4, -0.2) is 67.2 Å². The van der Waals surface area contributed by atoms with Crippen molar-refractivity contribution >= 4 is 17.9 Å². The lowest BCUT2D eigenvalue weighted by atomic mass is 9.65. The van der Waals surface area contributed by atoms with E-state index in [-0.39, 0.29) is 48.1 Å². The molecule has 4 heterocycles. The van der Waals surface area contributed by atoms with Gasteiger partial charge in [-0.15, -0.1) is 0 Å². The number of likely N-dealkylation sites (N-methyl/N-ethyl adjacent to an activating group) is 1. The van der Waals surface area contributed by atoms with Gasteiger partial charge in [0.05, 0.1) is 19.1 Å². The van der Waals surface area contributed by atoms with Crippen LogP contribution in [0.1, 0.15) is 103 Å². The lowest BCUT2D eigenvalue weighted by Gasteiger charge is -2.39. The van der Waals surface area contributed by atoms with Gasteiger partial charge in [-0.3, -0.25) is 4.79 Å². The summed E-state index contributed by atoms with van der Waals surface area (Å²) in [6.07, 6.45) is 8.72. The second-order valence-electron chi connectivity index (χ2n) is 18.0. The standard InChI is InChI=1S/C50H56N4O7/c1-27(2)16-18-53-39-13-12-36-45-31(21-40(57)47(36)60-42(39)25-52-4)7-6-8-38-30(9-14-43(51)54-38)19-29-15-17-50(23-29)24-32-20-33(56)22-41(58-5)44(32)35-11-10-34-37(26-59-28(3)55)48(45)61-49(34)46(35)50/h9-14,20-22,27,29,37,39,42,48,52-53,56-57H,7,15-19,23-26H2,1-5H3,(H2,51,54)/t29-,37-,39-,42-,48-,50-/m0/s1. The predicted molar refractivity (Wildman–Crippen MR) is 235 cm³/mol. The molecule has 0 unspecified atom stereocenters. The minimum Gasteiger partial charge on any atom is -0.508 e. The van der Waals surface area contributed by atoms with E-state index < -0.39 is 12.0 Å². The summed E-state index contributed by atoms with van der Waals surface area (Å²) >= 11 is 0. The molecular weight excluding hydrogens is 769 g/mol. The summed E-state index contributed by atoms with van der Waals surface area (Å²) in [6.45, 7) is 7.28. The molecule has 318 valence electrons. The maximum Gasteiger partial charge on any atom is 0.302 e. The maximum absolute atomic E-state index is 12.6. The number of anilines is 1. The third-order valence-corrected chi connectivity index (χ3v) is 13.4. The fourth-order valence-electron chi connectivity index (χ4n) is 10.8. The van der Waals surface area contributed by atoms with Crippen molar-refractivity contribution < 1.29 is 34.0 Å². The highest BCUT2D eigenvalue weighted by atomic mass is 16.5. The molecule has 9 rings (SSSR count). The first kappa shape index (κ1) is 40.7. The largest absolute Gasteiger partial charge is 0.508 e. The van der Waals surface area contributed by atoms with Crippen molar-refractivity contribution in [2.24, 2.45) is 11.8 Å². The first-order chi connectivity index (χ1) is 29.5. The van der Waals surface area contributed by atoms with Crippen LogP contribution in [0.4, 0.5) is 5.82 Å². The van der Waals surface area contributed by atoms with Crippen molar-refractivity contribution in [1.82, 2.24) is 15.6 Å². The number of aromatic nitrogens is 1. The van der Waals surface area contributed by atoms with Crippen molar-refractivity contribution in [2.75, 3.05) is 39.6 Å². The highest BCUT2D eigenvalue weighted by molar-refractivity contribution is 5.84. The number of hydrogen-bond acceptors (Lipinski definition) is 11. The fourth-order valence-corrected chi connectivity index (χ4v) is 10.8. The Hall–Kier alpha value is -5.70. The quantitative estimate of drug-likeness (QED) is 0.0855. The Morgan fingerprint density at radius 2 is 1.95 bits per heavy atom. The zero-order valence-corrected chi connectivity index (χ0v) is 35.7. The fraction of sp³-hybridized carbons (Fsp3) is 0.440. The number of methoxy groups -OCH3 is 1. The number of carbonyl (C=O) groups is 1. The number of esters is 1. The summed E-state index contributed by atoms with van der Waals surface area (Å²) in [5, 5.41) is 29.8. The number of nitrogens with two attached hydrogens (primary N) is 1. The number of phenolic OH excluding ortho intramolecular Hbond substituents is 2. The lowest BCUT2D eigenvalue weighted by Crippen LogP contribution is -2.46. The Kier molecular flexibility index (Phi) is 10.9. The molecule has 3 aliphatic heterocycles. The molecule has 1 fully saturated rings. The highest BCUT2D eigenvalue weighted by Gasteiger charge is 2.51. The second kappa shape index (κ2) is 16.3. The number of phenols is 2. The van der Waals surface area contributed by atoms with Gasteiger partial charge in [0, 0.05) is 59.2 Å². The molecular formula is C50H56N4O7. The van der Waals surface area contributed by atoms with Crippen LogP contribution in [0.25, 0.3) is 17.2 Å². The molecule has 11 heteroatoms. The summed E-state index contributed by atoms with van der Waals surface area (Å²) in [5.41, 5.74) is 15.0. The number of benzene rings is 3. The molecule has 0 radical (unpaired) electrons. The van der Waals surface area contributed by atoms with Gasteiger partial charge in [0.15, 0.2) is 11.5 Å². The first-order valence-corrected chi connectivity index (χ1v) is 21.7. The van der Waals surface area contributed by atoms with Crippen LogP contribution in [0.2, 0.25) is 0 Å². The molecule has 6 atom stereocenters. The molecule has 0 amide bonds. The number of aromatic hydroxyl groups is 2. The minimum absolute atomic E-state index is 0.0115. The van der Waals surface area contributed by atoms with Crippen LogP contribution in [0.5, 0.6) is 28.7 Å². The number of hydrogen-bond donors (Lipinski definition) is 5. The Balaban J connectivity index is 1.29. The molecule has 1 aromatic heterocycles. The van der Waals surface area contributed by atoms with E-state index in [1.54, 1.807) is 19.2 Å². The van der Waals surface area contributed by atoms with E-state index in [0.29, 0.717) is 53.4 Å². The predicted octanol–water partition coefficient (Wildman–Crippen LogP) is 7.27. The average Bonchev–Trinajstić information content (AvgIpc) is 3.73. The summed E-state index contributed by atoms with van der Waals surface area (Å²) in [6, 6.07) is 13.4. The SMILES string of the molecule is CNC[C@@H]1Oc2c(O)cc3c(c2C=C[C@@H]1NCCC(C)C)[C@H]1Oc2c(ccc4c2[C@]2(CC[C@@H](Cc5ccc(N)nc5C#CC3)C2)Cc2cc(O)cc(OC)c2-4)[C@@H]1COC(C)=O. The number of pyridine rings is 1. The van der Waals surface area contributed by atoms with E-state index in [9.17, 15) is 15.0 Å². The summed E-state index contributed by atoms with van der Waals surface area (Å²) in [7, 11) is 3.54. The summed E-state index contributed by atoms with van der Waals surface area (Å²) in [4.78, 5) is 17.4. The van der Waals surface area contributed by atoms with Gasteiger partial charge in [-0.2, -0.15) is 0 Å². The van der Waals surface area contributed by atoms with Crippen LogP contribution in [0.15, 0.2) is 48.5 Å². The number of rotatable bonds is 9. The smallest absolute Gasteiger partial charge is 0.302 e. The Labute approximate surface area is 358 Å². The van der Waals surface area contributed by atoms with Gasteiger partial charge in [-0.25, -0.2) is 4.98 Å². The zero-order valence-electron chi connectivity index (χ0n) is 35.7. The average molecular weight is 825 g/mol. The number of fused-ring (bicyclic) bond motifs is 9. The molecule has 2 aliphatic carbocycles.